The van der Waals surface area contributed by atoms with Gasteiger partial charge in [-0.1, -0.05) is 23.7 Å². The lowest BCUT2D eigenvalue weighted by atomic mass is 9.92. The Hall–Kier alpha value is -1.43. The van der Waals surface area contributed by atoms with Crippen molar-refractivity contribution in [1.82, 2.24) is 5.32 Å². The molecule has 2 aromatic rings. The van der Waals surface area contributed by atoms with E-state index < -0.39 is 15.7 Å². The minimum Gasteiger partial charge on any atom is -0.315 e. The van der Waals surface area contributed by atoms with Crippen molar-refractivity contribution in [1.29, 1.82) is 0 Å². The van der Waals surface area contributed by atoms with E-state index in [0.29, 0.717) is 11.5 Å². The molecule has 22 heavy (non-hydrogen) atoms. The van der Waals surface area contributed by atoms with Crippen LogP contribution < -0.4 is 5.32 Å². The lowest BCUT2D eigenvalue weighted by Gasteiger charge is -2.28. The highest BCUT2D eigenvalue weighted by Crippen LogP contribution is 2.33. The first-order valence-electron chi connectivity index (χ1n) is 6.86. The van der Waals surface area contributed by atoms with Gasteiger partial charge in [-0.25, -0.2) is 12.8 Å². The fourth-order valence-electron chi connectivity index (χ4n) is 2.55. The number of benzene rings is 2. The summed E-state index contributed by atoms with van der Waals surface area (Å²) in [6.07, 6.45) is 1.14. The number of rotatable bonds is 3. The van der Waals surface area contributed by atoms with Gasteiger partial charge in [0.05, 0.1) is 4.90 Å². The highest BCUT2D eigenvalue weighted by molar-refractivity contribution is 7.90. The van der Waals surface area contributed by atoms with Gasteiger partial charge in [-0.2, -0.15) is 0 Å². The molecule has 1 N–H and O–H groups in total. The summed E-state index contributed by atoms with van der Waals surface area (Å²) in [4.78, 5) is 0.151. The van der Waals surface area contributed by atoms with E-state index >= 15 is 0 Å². The van der Waals surface area contributed by atoms with Crippen molar-refractivity contribution in [2.45, 2.75) is 10.8 Å². The fraction of sp³-hybridized carbons (Fsp3) is 0.250. The summed E-state index contributed by atoms with van der Waals surface area (Å²) in [5.41, 5.74) is 1.56. The van der Waals surface area contributed by atoms with Gasteiger partial charge in [0.25, 0.3) is 0 Å². The molecule has 6 heteroatoms. The molecule has 0 atom stereocenters. The number of halogens is 2. The molecule has 0 aromatic heterocycles. The Balaban J connectivity index is 2.18. The van der Waals surface area contributed by atoms with Crippen LogP contribution in [-0.2, 0) is 9.84 Å². The molecule has 3 rings (SSSR count). The van der Waals surface area contributed by atoms with Crippen molar-refractivity contribution in [2.24, 2.45) is 0 Å². The molecule has 0 unspecified atom stereocenters. The third-order valence-corrected chi connectivity index (χ3v) is 5.25. The normalized spacial score (nSPS) is 15.6. The van der Waals surface area contributed by atoms with Gasteiger partial charge in [-0.3, -0.25) is 0 Å². The van der Waals surface area contributed by atoms with Crippen LogP contribution in [0.4, 0.5) is 4.39 Å². The van der Waals surface area contributed by atoms with E-state index in [1.165, 1.54) is 12.1 Å². The van der Waals surface area contributed by atoms with E-state index in [1.54, 1.807) is 18.2 Å². The number of nitrogens with one attached hydrogen (secondary N) is 1. The lowest BCUT2D eigenvalue weighted by Crippen LogP contribution is -2.39. The maximum atomic E-state index is 14.2. The summed E-state index contributed by atoms with van der Waals surface area (Å²) in [6, 6.07) is 9.44. The number of hydrogen-bond donors (Lipinski definition) is 1. The highest BCUT2D eigenvalue weighted by Gasteiger charge is 2.23. The van der Waals surface area contributed by atoms with Crippen molar-refractivity contribution >= 4 is 21.4 Å². The average molecular weight is 340 g/mol. The van der Waals surface area contributed by atoms with E-state index in [9.17, 15) is 12.8 Å². The molecule has 3 nitrogen and oxygen atoms in total. The molecule has 0 amide bonds. The van der Waals surface area contributed by atoms with Crippen LogP contribution in [0.5, 0.6) is 0 Å². The molecular formula is C16H15ClFNO2S. The molecule has 1 aliphatic heterocycles. The summed E-state index contributed by atoms with van der Waals surface area (Å²) in [7, 11) is -3.47. The molecule has 1 heterocycles. The minimum atomic E-state index is -3.47. The monoisotopic (exact) mass is 339 g/mol. The van der Waals surface area contributed by atoms with Crippen molar-refractivity contribution in [2.75, 3.05) is 19.3 Å². The maximum Gasteiger partial charge on any atom is 0.176 e. The summed E-state index contributed by atoms with van der Waals surface area (Å²) in [5.74, 6) is -0.222. The molecule has 1 saturated heterocycles. The summed E-state index contributed by atoms with van der Waals surface area (Å²) in [6.45, 7) is 1.66. The number of sulfone groups is 1. The quantitative estimate of drug-likeness (QED) is 0.933. The van der Waals surface area contributed by atoms with Gasteiger partial charge in [0.2, 0.25) is 0 Å². The summed E-state index contributed by atoms with van der Waals surface area (Å²) < 4.78 is 38.4. The lowest BCUT2D eigenvalue weighted by molar-refractivity contribution is 0.448. The van der Waals surface area contributed by atoms with E-state index in [2.05, 4.69) is 5.32 Å². The molecular weight excluding hydrogens is 325 g/mol. The van der Waals surface area contributed by atoms with Gasteiger partial charge >= 0.3 is 0 Å². The maximum absolute atomic E-state index is 14.2. The van der Waals surface area contributed by atoms with Crippen LogP contribution in [0.15, 0.2) is 41.3 Å². The molecule has 2 aromatic carbocycles. The average Bonchev–Trinajstić information content (AvgIpc) is 2.36. The zero-order valence-corrected chi connectivity index (χ0v) is 13.5. The Bertz CT molecular complexity index is 832. The van der Waals surface area contributed by atoms with Crippen LogP contribution in [0.25, 0.3) is 11.1 Å². The first kappa shape index (κ1) is 15.5. The van der Waals surface area contributed by atoms with Crippen LogP contribution in [0.2, 0.25) is 5.02 Å². The Morgan fingerprint density at radius 1 is 1.14 bits per heavy atom. The van der Waals surface area contributed by atoms with Crippen LogP contribution in [-0.4, -0.2) is 27.8 Å². The van der Waals surface area contributed by atoms with E-state index in [4.69, 9.17) is 11.6 Å². The third-order valence-electron chi connectivity index (χ3n) is 3.88. The largest absolute Gasteiger partial charge is 0.315 e. The SMILES string of the molecule is CS(=O)(=O)c1cc(C2CNC2)ccc1-c1ccc(Cl)cc1F. The van der Waals surface area contributed by atoms with Crippen LogP contribution in [0.1, 0.15) is 11.5 Å². The second-order valence-corrected chi connectivity index (χ2v) is 7.93. The van der Waals surface area contributed by atoms with Crippen molar-refractivity contribution in [3.8, 4) is 11.1 Å². The summed E-state index contributed by atoms with van der Waals surface area (Å²) in [5, 5.41) is 3.43. The van der Waals surface area contributed by atoms with Gasteiger partial charge < -0.3 is 5.32 Å². The standard InChI is InChI=1S/C16H15ClFNO2S/c1-22(20,21)16-6-10(11-8-19-9-11)2-4-14(16)13-5-3-12(17)7-15(13)18/h2-7,11,19H,8-9H2,1H3. The second kappa shape index (κ2) is 5.65. The molecule has 0 radical (unpaired) electrons. The van der Waals surface area contributed by atoms with Gasteiger partial charge in [-0.15, -0.1) is 0 Å². The van der Waals surface area contributed by atoms with Gasteiger partial charge in [-0.05, 0) is 29.8 Å². The van der Waals surface area contributed by atoms with Crippen LogP contribution in [0, 0.1) is 5.82 Å². The zero-order valence-electron chi connectivity index (χ0n) is 11.9. The molecule has 0 bridgehead atoms. The number of hydrogen-bond acceptors (Lipinski definition) is 3. The van der Waals surface area contributed by atoms with Crippen molar-refractivity contribution in [3.63, 3.8) is 0 Å². The molecule has 0 spiro atoms. The highest BCUT2D eigenvalue weighted by atomic mass is 35.5. The van der Waals surface area contributed by atoms with E-state index in [-0.39, 0.29) is 15.5 Å². The Morgan fingerprint density at radius 3 is 2.36 bits per heavy atom. The minimum absolute atomic E-state index is 0.151. The first-order chi connectivity index (χ1) is 10.4. The fourth-order valence-corrected chi connectivity index (χ4v) is 3.64. The smallest absolute Gasteiger partial charge is 0.176 e. The summed E-state index contributed by atoms with van der Waals surface area (Å²) >= 11 is 5.76. The molecule has 1 fully saturated rings. The second-order valence-electron chi connectivity index (χ2n) is 5.51. The zero-order chi connectivity index (χ0) is 15.9. The van der Waals surface area contributed by atoms with Gasteiger partial charge in [0, 0.05) is 41.4 Å². The topological polar surface area (TPSA) is 46.2 Å². The molecule has 0 aliphatic carbocycles. The molecule has 116 valence electrons. The Labute approximate surface area is 134 Å². The predicted molar refractivity (Wildman–Crippen MR) is 85.6 cm³/mol. The van der Waals surface area contributed by atoms with E-state index in [0.717, 1.165) is 24.9 Å². The van der Waals surface area contributed by atoms with E-state index in [1.807, 2.05) is 6.07 Å². The van der Waals surface area contributed by atoms with Gasteiger partial charge in [0.15, 0.2) is 9.84 Å². The predicted octanol–water partition coefficient (Wildman–Crippen LogP) is 3.24. The molecule has 1 aliphatic rings. The first-order valence-corrected chi connectivity index (χ1v) is 9.13. The Morgan fingerprint density at radius 2 is 1.82 bits per heavy atom. The third kappa shape index (κ3) is 2.89. The Kier molecular flexibility index (Phi) is 3.97. The van der Waals surface area contributed by atoms with Crippen LogP contribution in [0.3, 0.4) is 0 Å². The van der Waals surface area contributed by atoms with Crippen molar-refractivity contribution in [3.05, 3.63) is 52.8 Å². The van der Waals surface area contributed by atoms with Crippen LogP contribution >= 0.6 is 11.6 Å². The van der Waals surface area contributed by atoms with Gasteiger partial charge in [0.1, 0.15) is 5.82 Å². The molecule has 0 saturated carbocycles. The van der Waals surface area contributed by atoms with Crippen molar-refractivity contribution < 1.29 is 12.8 Å².